The molecule has 0 spiro atoms. The lowest BCUT2D eigenvalue weighted by atomic mass is 9.92. The summed E-state index contributed by atoms with van der Waals surface area (Å²) in [6.45, 7) is 0. The molecule has 5 heterocycles. The molecule has 0 saturated carbocycles. The summed E-state index contributed by atoms with van der Waals surface area (Å²) >= 11 is 0. The molecule has 20 heteroatoms. The number of fused-ring (bicyclic) bond motifs is 4. The van der Waals surface area contributed by atoms with Crippen molar-refractivity contribution in [2.75, 3.05) is 0 Å². The van der Waals surface area contributed by atoms with Crippen molar-refractivity contribution >= 4 is 70.6 Å². The quantitative estimate of drug-likeness (QED) is 0.0862. The Balaban J connectivity index is 1.95. The van der Waals surface area contributed by atoms with Crippen LogP contribution in [0.1, 0.15) is 77.0 Å². The molecule has 0 radical (unpaired) electrons. The van der Waals surface area contributed by atoms with Crippen molar-refractivity contribution in [3.8, 4) is 0 Å². The lowest BCUT2D eigenvalue weighted by Crippen LogP contribution is -2.09. The van der Waals surface area contributed by atoms with Crippen LogP contribution in [0.5, 0.6) is 0 Å². The Morgan fingerprint density at radius 2 is 0.517 bits per heavy atom. The zero-order valence-corrected chi connectivity index (χ0v) is 31.4. The number of aliphatic carboxylic acids is 8. The Morgan fingerprint density at radius 3 is 0.767 bits per heavy atom. The molecule has 0 amide bonds. The third-order valence-corrected chi connectivity index (χ3v) is 9.66. The molecule has 0 aliphatic carbocycles. The highest BCUT2D eigenvalue weighted by atomic mass is 16.4. The highest BCUT2D eigenvalue weighted by molar-refractivity contribution is 6.21. The number of carbonyl (C=O) groups is 8. The predicted molar refractivity (Wildman–Crippen MR) is 207 cm³/mol. The molecule has 5 rings (SSSR count). The van der Waals surface area contributed by atoms with Gasteiger partial charge in [-0.15, -0.1) is 0 Å². The number of carboxylic acid groups (broad SMARTS) is 8. The first kappa shape index (κ1) is 43.5. The Bertz CT molecular complexity index is 2440. The standard InChI is InChI=1S/C40H36N4O16/c45-33(46)5-1-17-21(9-37(53)54)29-14-27-19(3-7-35(49)50)23(11-39(57)58)31(43-27)16-32-24(12-40(59)60)20(4-8-36(51)52)28(44-32)15-30-22(10-38(55)56)18(2-6-34(47)48)26(42-30)13-25(17)41-29/h13-16H,1-12H2,(H,45,46)(H,47,48)(H,49,50)(H,51,52)(H,53,54)(H,55,56)(H,57,58)(H,59,60). The molecule has 0 fully saturated rings. The fourth-order valence-corrected chi connectivity index (χ4v) is 7.21. The fourth-order valence-electron chi connectivity index (χ4n) is 7.21. The molecule has 5 aliphatic rings. The van der Waals surface area contributed by atoms with Gasteiger partial charge in [-0.05, 0) is 94.6 Å². The molecule has 8 bridgehead atoms. The number of rotatable bonds is 20. The zero-order chi connectivity index (χ0) is 44.0. The molecule has 312 valence electrons. The lowest BCUT2D eigenvalue weighted by molar-refractivity contribution is -0.138. The van der Waals surface area contributed by atoms with Crippen molar-refractivity contribution in [2.24, 2.45) is 20.0 Å². The molecule has 0 unspecified atom stereocenters. The molecule has 8 N–H and O–H groups in total. The maximum atomic E-state index is 12.3. The molecule has 60 heavy (non-hydrogen) atoms. The van der Waals surface area contributed by atoms with E-state index in [9.17, 15) is 79.2 Å². The van der Waals surface area contributed by atoms with Gasteiger partial charge in [-0.25, -0.2) is 20.0 Å². The third-order valence-electron chi connectivity index (χ3n) is 9.66. The third kappa shape index (κ3) is 10.4. The van der Waals surface area contributed by atoms with Gasteiger partial charge in [0.25, 0.3) is 0 Å². The summed E-state index contributed by atoms with van der Waals surface area (Å²) in [5.74, 6) is -10.5. The van der Waals surface area contributed by atoms with Crippen LogP contribution in [0.15, 0.2) is 112 Å². The van der Waals surface area contributed by atoms with Gasteiger partial charge in [0.1, 0.15) is 0 Å². The van der Waals surface area contributed by atoms with E-state index >= 15 is 0 Å². The Hall–Kier alpha value is -7.64. The van der Waals surface area contributed by atoms with E-state index in [1.165, 1.54) is 24.3 Å². The van der Waals surface area contributed by atoms with Crippen LogP contribution in [-0.4, -0.2) is 111 Å². The fraction of sp³-hybridized carbons (Fsp3) is 0.300. The average Bonchev–Trinajstić information content (AvgIpc) is 3.81. The first-order valence-electron chi connectivity index (χ1n) is 18.2. The van der Waals surface area contributed by atoms with Crippen molar-refractivity contribution in [3.63, 3.8) is 0 Å². The number of nitrogens with zero attached hydrogens (tertiary/aromatic N) is 4. The molecule has 0 aromatic heterocycles. The Kier molecular flexibility index (Phi) is 13.3. The van der Waals surface area contributed by atoms with Crippen LogP contribution >= 0.6 is 0 Å². The molecule has 0 aromatic rings. The van der Waals surface area contributed by atoms with Gasteiger partial charge in [0.15, 0.2) is 0 Å². The summed E-state index contributed by atoms with van der Waals surface area (Å²) in [5, 5.41) is 78.5. The summed E-state index contributed by atoms with van der Waals surface area (Å²) < 4.78 is 0. The van der Waals surface area contributed by atoms with E-state index in [0.717, 1.165) is 0 Å². The van der Waals surface area contributed by atoms with Crippen molar-refractivity contribution in [3.05, 3.63) is 91.7 Å². The van der Waals surface area contributed by atoms with E-state index in [4.69, 9.17) is 0 Å². The number of allylic oxidation sites excluding steroid dienone is 10. The Morgan fingerprint density at radius 1 is 0.300 bits per heavy atom. The normalized spacial score (nSPS) is 17.1. The van der Waals surface area contributed by atoms with Gasteiger partial charge in [0, 0.05) is 25.7 Å². The van der Waals surface area contributed by atoms with Gasteiger partial charge in [-0.1, -0.05) is 0 Å². The van der Waals surface area contributed by atoms with E-state index in [0.29, 0.717) is 0 Å². The lowest BCUT2D eigenvalue weighted by Gasteiger charge is -2.10. The van der Waals surface area contributed by atoms with Crippen LogP contribution in [0.25, 0.3) is 0 Å². The summed E-state index contributed by atoms with van der Waals surface area (Å²) in [5.41, 5.74) is 0.00237. The Labute approximate surface area is 338 Å². The van der Waals surface area contributed by atoms with Crippen LogP contribution < -0.4 is 0 Å². The first-order chi connectivity index (χ1) is 28.3. The summed E-state index contributed by atoms with van der Waals surface area (Å²) in [7, 11) is 0. The number of aliphatic imine (C=N–C) groups is 4. The zero-order valence-electron chi connectivity index (χ0n) is 31.4. The minimum atomic E-state index is -1.36. The maximum absolute atomic E-state index is 12.3. The minimum absolute atomic E-state index is 0.000767. The van der Waals surface area contributed by atoms with Gasteiger partial charge >= 0.3 is 47.8 Å². The highest BCUT2D eigenvalue weighted by Crippen LogP contribution is 2.41. The highest BCUT2D eigenvalue weighted by Gasteiger charge is 2.34. The van der Waals surface area contributed by atoms with Gasteiger partial charge in [-0.3, -0.25) is 38.4 Å². The molecule has 0 aromatic carbocycles. The van der Waals surface area contributed by atoms with Crippen LogP contribution in [-0.2, 0) is 38.4 Å². The van der Waals surface area contributed by atoms with Gasteiger partial charge in [-0.2, -0.15) is 0 Å². The van der Waals surface area contributed by atoms with E-state index in [2.05, 4.69) is 20.0 Å². The second-order valence-corrected chi connectivity index (χ2v) is 13.8. The summed E-state index contributed by atoms with van der Waals surface area (Å²) in [4.78, 5) is 115. The SMILES string of the molecule is O=C(O)CCC1=C(CC(=O)O)C2=NC1=CC1=NC(=CC3=NC(=CC4=NC(=C2)C(CC(=O)O)=C4CCC(=O)O)C(CC(=O)O)=C3CCC(=O)O)C(CCC(=O)O)=C1CC(=O)O. The molecular weight excluding hydrogens is 792 g/mol. The molecule has 0 saturated heterocycles. The van der Waals surface area contributed by atoms with Gasteiger partial charge in [0.2, 0.25) is 0 Å². The number of hydrogen-bond donors (Lipinski definition) is 8. The van der Waals surface area contributed by atoms with E-state index < -0.39 is 99.1 Å². The van der Waals surface area contributed by atoms with Gasteiger partial charge in [0.05, 0.1) is 71.3 Å². The summed E-state index contributed by atoms with van der Waals surface area (Å²) in [6, 6.07) is 0. The van der Waals surface area contributed by atoms with Crippen molar-refractivity contribution < 1.29 is 79.2 Å². The smallest absolute Gasteiger partial charge is 0.307 e. The number of carboxylic acids is 8. The van der Waals surface area contributed by atoms with E-state index in [1.54, 1.807) is 0 Å². The second kappa shape index (κ2) is 18.3. The van der Waals surface area contributed by atoms with Crippen LogP contribution in [0, 0.1) is 0 Å². The van der Waals surface area contributed by atoms with Crippen molar-refractivity contribution in [2.45, 2.75) is 77.0 Å². The predicted octanol–water partition coefficient (Wildman–Crippen LogP) is 3.90. The maximum Gasteiger partial charge on any atom is 0.307 e. The summed E-state index contributed by atoms with van der Waals surface area (Å²) in [6.07, 6.45) is -0.928. The molecule has 20 nitrogen and oxygen atoms in total. The van der Waals surface area contributed by atoms with Crippen LogP contribution in [0.3, 0.4) is 0 Å². The van der Waals surface area contributed by atoms with Crippen LogP contribution in [0.2, 0.25) is 0 Å². The second-order valence-electron chi connectivity index (χ2n) is 13.8. The largest absolute Gasteiger partial charge is 0.481 e. The van der Waals surface area contributed by atoms with E-state index in [1.807, 2.05) is 0 Å². The van der Waals surface area contributed by atoms with Crippen molar-refractivity contribution in [1.29, 1.82) is 0 Å². The van der Waals surface area contributed by atoms with Crippen molar-refractivity contribution in [1.82, 2.24) is 0 Å². The van der Waals surface area contributed by atoms with Crippen LogP contribution in [0.4, 0.5) is 0 Å². The topological polar surface area (TPSA) is 348 Å². The first-order valence-corrected chi connectivity index (χ1v) is 18.2. The minimum Gasteiger partial charge on any atom is -0.481 e. The molecule has 5 aliphatic heterocycles. The monoisotopic (exact) mass is 828 g/mol. The number of hydrogen-bond acceptors (Lipinski definition) is 12. The van der Waals surface area contributed by atoms with Gasteiger partial charge < -0.3 is 40.9 Å². The molecular formula is C40H36N4O16. The van der Waals surface area contributed by atoms with E-state index in [-0.39, 0.29) is 116 Å². The molecule has 0 atom stereocenters. The average molecular weight is 829 g/mol.